The molecule has 1 saturated carbocycles. The number of hydrogen-bond acceptors (Lipinski definition) is 14. The second-order valence-electron chi connectivity index (χ2n) is 23.0. The molecule has 19 heteroatoms. The van der Waals surface area contributed by atoms with Crippen molar-refractivity contribution in [1.29, 1.82) is 0 Å². The molecule has 3 N–H and O–H groups in total. The first-order valence-electron chi connectivity index (χ1n) is 28.8. The lowest BCUT2D eigenvalue weighted by atomic mass is 9.70. The summed E-state index contributed by atoms with van der Waals surface area (Å²) in [4.78, 5) is 82.1. The molecule has 2 aromatic carbocycles. The number of fused-ring (bicyclic) bond motifs is 5. The van der Waals surface area contributed by atoms with Crippen LogP contribution in [-0.2, 0) is 30.7 Å². The summed E-state index contributed by atoms with van der Waals surface area (Å²) in [5, 5.41) is 6.34. The van der Waals surface area contributed by atoms with Crippen molar-refractivity contribution < 1.29 is 28.6 Å². The van der Waals surface area contributed by atoms with E-state index in [4.69, 9.17) is 19.2 Å². The fraction of sp³-hybridized carbons (Fsp3) is 0.492. The molecule has 422 valence electrons. The molecule has 4 aromatic heterocycles. The number of pyridine rings is 3. The molecular formula is C61H76N12O7. The van der Waals surface area contributed by atoms with Crippen molar-refractivity contribution in [2.24, 2.45) is 0 Å². The highest BCUT2D eigenvalue weighted by molar-refractivity contribution is 6.02. The number of nitrogens with zero attached hydrogens (tertiary/aromatic N) is 9. The first kappa shape index (κ1) is 54.8. The van der Waals surface area contributed by atoms with Gasteiger partial charge >= 0.3 is 0 Å². The summed E-state index contributed by atoms with van der Waals surface area (Å²) in [5.41, 5.74) is 7.14. The Morgan fingerprint density at radius 3 is 2.26 bits per heavy atom. The number of rotatable bonds is 18. The molecule has 2 bridgehead atoms. The van der Waals surface area contributed by atoms with Gasteiger partial charge in [0.2, 0.25) is 0 Å². The number of amides is 3. The number of anilines is 2. The predicted octanol–water partition coefficient (Wildman–Crippen LogP) is 6.73. The van der Waals surface area contributed by atoms with E-state index >= 15 is 0 Å². The summed E-state index contributed by atoms with van der Waals surface area (Å²) < 4.78 is 20.7. The molecule has 80 heavy (non-hydrogen) atoms. The Morgan fingerprint density at radius 1 is 0.800 bits per heavy atom. The van der Waals surface area contributed by atoms with Gasteiger partial charge in [0.05, 0.1) is 59.0 Å². The number of aromatic nitrogens is 5. The number of ether oxygens (including phenoxy) is 3. The molecule has 6 aliphatic rings. The minimum atomic E-state index is -0.380. The summed E-state index contributed by atoms with van der Waals surface area (Å²) in [6.45, 7) is 21.5. The fourth-order valence-electron chi connectivity index (χ4n) is 12.2. The van der Waals surface area contributed by atoms with Crippen LogP contribution in [0, 0.1) is 0 Å². The number of aromatic amines is 1. The third kappa shape index (κ3) is 12.3. The summed E-state index contributed by atoms with van der Waals surface area (Å²) in [5.74, 6) is 1.19. The van der Waals surface area contributed by atoms with Crippen molar-refractivity contribution in [3.63, 3.8) is 0 Å². The van der Waals surface area contributed by atoms with E-state index in [1.807, 2.05) is 124 Å². The van der Waals surface area contributed by atoms with Crippen LogP contribution in [0.3, 0.4) is 0 Å². The van der Waals surface area contributed by atoms with Gasteiger partial charge in [-0.3, -0.25) is 38.9 Å². The number of H-pyrrole nitrogens is 1. The van der Waals surface area contributed by atoms with Crippen LogP contribution in [0.2, 0.25) is 0 Å². The Balaban J connectivity index is 0.590. The standard InChI is InChI=1S/C61H76N12O7/c1-6-44-34-51-52(66-56(44)74)32-43(35-62-51)37-69-26-28-71(29-27-69)47-12-15-50(63-36-47)57(75)67-60-17-19-61(20-18-60,79-40-60)39-70-24-22-68(23-25-70)30-31-78-49-9-7-8-45(33-49)59(77)72-21-16-54-53(38-72)65-55(73(54)41(2)3)58(76)64-46-10-13-48(14-11-46)80-42(4)5/h7-15,32-36,41-42H,6,16-31,37-40H2,1-5H3,(H,64,76)(H,66,74)(H,67,75). The van der Waals surface area contributed by atoms with Crippen LogP contribution in [0.15, 0.2) is 90.0 Å². The van der Waals surface area contributed by atoms with E-state index in [0.717, 1.165) is 143 Å². The molecule has 0 atom stereocenters. The number of aryl methyl sites for hydroxylation is 1. The number of carbonyl (C=O) groups excluding carboxylic acids is 3. The first-order valence-corrected chi connectivity index (χ1v) is 28.8. The quantitative estimate of drug-likeness (QED) is 0.0820. The second kappa shape index (κ2) is 23.5. The van der Waals surface area contributed by atoms with Crippen molar-refractivity contribution >= 4 is 40.1 Å². The summed E-state index contributed by atoms with van der Waals surface area (Å²) >= 11 is 0. The maximum atomic E-state index is 13.9. The lowest BCUT2D eigenvalue weighted by Gasteiger charge is -2.54. The highest BCUT2D eigenvalue weighted by Crippen LogP contribution is 2.44. The Morgan fingerprint density at radius 2 is 1.56 bits per heavy atom. The zero-order valence-corrected chi connectivity index (χ0v) is 47.0. The molecule has 5 aliphatic heterocycles. The van der Waals surface area contributed by atoms with Crippen molar-refractivity contribution in [3.8, 4) is 11.5 Å². The SMILES string of the molecule is CCc1cc2ncc(CN3CCN(c4ccc(C(=O)NC56CCC(CN7CCN(CCOc8cccc(C(=O)N9CCc%10c(nc(C(=O)Nc%11ccc(OC(C)C)cc%11)n%10C(C)C)C9)c8)CC7)(CC5)OC6)nc4)CC3)cc2[nH]c1=O. The van der Waals surface area contributed by atoms with Gasteiger partial charge < -0.3 is 44.2 Å². The van der Waals surface area contributed by atoms with Crippen LogP contribution in [0.1, 0.15) is 120 Å². The molecule has 12 rings (SSSR count). The largest absolute Gasteiger partial charge is 0.492 e. The Hall–Kier alpha value is -7.19. The first-order chi connectivity index (χ1) is 38.7. The number of carbonyl (C=O) groups is 3. The van der Waals surface area contributed by atoms with E-state index in [0.29, 0.717) is 67.7 Å². The highest BCUT2D eigenvalue weighted by Gasteiger charge is 2.51. The van der Waals surface area contributed by atoms with Crippen LogP contribution >= 0.6 is 0 Å². The van der Waals surface area contributed by atoms with E-state index in [1.54, 1.807) is 4.90 Å². The average Bonchev–Trinajstić information content (AvgIpc) is 3.93. The number of imidazole rings is 1. The molecule has 0 unspecified atom stereocenters. The van der Waals surface area contributed by atoms with Crippen molar-refractivity contribution in [2.45, 2.75) is 110 Å². The summed E-state index contributed by atoms with van der Waals surface area (Å²) in [7, 11) is 0. The Labute approximate surface area is 468 Å². The third-order valence-corrected chi connectivity index (χ3v) is 16.8. The molecule has 0 radical (unpaired) electrons. The van der Waals surface area contributed by atoms with Crippen molar-refractivity contribution in [1.82, 2.24) is 49.4 Å². The zero-order valence-electron chi connectivity index (χ0n) is 47.0. The molecule has 4 saturated heterocycles. The van der Waals surface area contributed by atoms with Crippen molar-refractivity contribution in [2.75, 3.05) is 95.4 Å². The minimum absolute atomic E-state index is 0.00736. The van der Waals surface area contributed by atoms with Gasteiger partial charge in [-0.05, 0) is 132 Å². The molecule has 6 aromatic rings. The van der Waals surface area contributed by atoms with E-state index in [2.05, 4.69) is 45.2 Å². The van der Waals surface area contributed by atoms with Gasteiger partial charge in [-0.15, -0.1) is 0 Å². The molecule has 1 aliphatic carbocycles. The summed E-state index contributed by atoms with van der Waals surface area (Å²) in [6.07, 6.45) is 8.63. The minimum Gasteiger partial charge on any atom is -0.492 e. The molecule has 5 fully saturated rings. The fourth-order valence-corrected chi connectivity index (χ4v) is 12.2. The number of nitrogens with one attached hydrogen (secondary N) is 3. The molecular weight excluding hydrogens is 1010 g/mol. The van der Waals surface area contributed by atoms with Crippen LogP contribution in [0.4, 0.5) is 11.4 Å². The smallest absolute Gasteiger partial charge is 0.291 e. The molecule has 9 heterocycles. The van der Waals surface area contributed by atoms with Gasteiger partial charge in [-0.1, -0.05) is 13.0 Å². The lowest BCUT2D eigenvalue weighted by Crippen LogP contribution is -2.65. The van der Waals surface area contributed by atoms with Crippen LogP contribution in [0.25, 0.3) is 11.0 Å². The van der Waals surface area contributed by atoms with E-state index in [-0.39, 0.29) is 46.6 Å². The van der Waals surface area contributed by atoms with Crippen LogP contribution in [0.5, 0.6) is 11.5 Å². The molecule has 0 spiro atoms. The second-order valence-corrected chi connectivity index (χ2v) is 23.0. The monoisotopic (exact) mass is 1090 g/mol. The van der Waals surface area contributed by atoms with E-state index in [9.17, 15) is 19.2 Å². The molecule has 3 amide bonds. The Bertz CT molecular complexity index is 3230. The van der Waals surface area contributed by atoms with Gasteiger partial charge in [0.15, 0.2) is 5.82 Å². The van der Waals surface area contributed by atoms with E-state index in [1.165, 1.54) is 0 Å². The number of benzene rings is 2. The number of hydrogen-bond donors (Lipinski definition) is 3. The van der Waals surface area contributed by atoms with Crippen molar-refractivity contribution in [3.05, 3.63) is 135 Å². The Kier molecular flexibility index (Phi) is 16.1. The van der Waals surface area contributed by atoms with Gasteiger partial charge in [-0.25, -0.2) is 9.97 Å². The maximum absolute atomic E-state index is 13.9. The zero-order chi connectivity index (χ0) is 55.5. The maximum Gasteiger partial charge on any atom is 0.291 e. The van der Waals surface area contributed by atoms with Gasteiger partial charge in [0.25, 0.3) is 23.3 Å². The van der Waals surface area contributed by atoms with Gasteiger partial charge in [0, 0.05) is 120 Å². The van der Waals surface area contributed by atoms with Crippen LogP contribution < -0.4 is 30.6 Å². The lowest BCUT2D eigenvalue weighted by molar-refractivity contribution is -0.170. The highest BCUT2D eigenvalue weighted by atomic mass is 16.5. The topological polar surface area (TPSA) is 196 Å². The average molecular weight is 1090 g/mol. The predicted molar refractivity (Wildman–Crippen MR) is 307 cm³/mol. The molecule has 19 nitrogen and oxygen atoms in total. The third-order valence-electron chi connectivity index (χ3n) is 16.8. The van der Waals surface area contributed by atoms with E-state index < -0.39 is 0 Å². The normalized spacial score (nSPS) is 20.8. The van der Waals surface area contributed by atoms with Gasteiger partial charge in [0.1, 0.15) is 23.8 Å². The summed E-state index contributed by atoms with van der Waals surface area (Å²) in [6, 6.07) is 22.5. The number of piperazine rings is 2. The van der Waals surface area contributed by atoms with Gasteiger partial charge in [-0.2, -0.15) is 0 Å². The van der Waals surface area contributed by atoms with Crippen LogP contribution in [-0.4, -0.2) is 164 Å².